The van der Waals surface area contributed by atoms with Crippen molar-refractivity contribution in [3.63, 3.8) is 0 Å². The number of benzene rings is 2. The Morgan fingerprint density at radius 2 is 1.77 bits per heavy atom. The highest BCUT2D eigenvalue weighted by Gasteiger charge is 2.13. The van der Waals surface area contributed by atoms with Crippen LogP contribution >= 0.6 is 11.3 Å². The van der Waals surface area contributed by atoms with Gasteiger partial charge in [-0.1, -0.05) is 48.5 Å². The molecular formula is C18H15NO2S. The maximum absolute atomic E-state index is 11.7. The van der Waals surface area contributed by atoms with Crippen molar-refractivity contribution in [2.24, 2.45) is 0 Å². The van der Waals surface area contributed by atoms with Crippen LogP contribution in [0.5, 0.6) is 0 Å². The second-order valence-electron chi connectivity index (χ2n) is 4.71. The molecule has 0 aliphatic rings. The first-order chi connectivity index (χ1) is 10.8. The van der Waals surface area contributed by atoms with Gasteiger partial charge in [0.1, 0.15) is 0 Å². The topological polar surface area (TPSA) is 39.2 Å². The Bertz CT molecular complexity index is 781. The third-order valence-corrected chi connectivity index (χ3v) is 4.04. The first-order valence-corrected chi connectivity index (χ1v) is 7.94. The zero-order chi connectivity index (χ0) is 15.4. The van der Waals surface area contributed by atoms with E-state index in [4.69, 9.17) is 4.74 Å². The summed E-state index contributed by atoms with van der Waals surface area (Å²) >= 11 is 1.31. The van der Waals surface area contributed by atoms with Crippen molar-refractivity contribution in [2.45, 2.75) is 6.92 Å². The number of hydrogen-bond acceptors (Lipinski definition) is 4. The maximum Gasteiger partial charge on any atom is 0.367 e. The molecule has 0 aliphatic carbocycles. The van der Waals surface area contributed by atoms with Crippen molar-refractivity contribution in [1.82, 2.24) is 4.98 Å². The largest absolute Gasteiger partial charge is 0.461 e. The summed E-state index contributed by atoms with van der Waals surface area (Å²) in [5.41, 5.74) is 4.08. The van der Waals surface area contributed by atoms with Crippen LogP contribution in [0.1, 0.15) is 16.7 Å². The van der Waals surface area contributed by atoms with Crippen LogP contribution in [0.25, 0.3) is 22.4 Å². The highest BCUT2D eigenvalue weighted by molar-refractivity contribution is 7.11. The van der Waals surface area contributed by atoms with E-state index in [2.05, 4.69) is 29.2 Å². The Labute approximate surface area is 133 Å². The van der Waals surface area contributed by atoms with Gasteiger partial charge in [0.25, 0.3) is 0 Å². The lowest BCUT2D eigenvalue weighted by Crippen LogP contribution is -2.03. The standard InChI is InChI=1S/C18H15NO2S/c1-2-21-18(20)17-19-16(12-22-17)15-10-6-9-14(11-15)13-7-4-3-5-8-13/h3-12H,2H2,1H3. The van der Waals surface area contributed by atoms with Crippen molar-refractivity contribution < 1.29 is 9.53 Å². The Hall–Kier alpha value is -2.46. The van der Waals surface area contributed by atoms with Crippen LogP contribution in [0.3, 0.4) is 0 Å². The van der Waals surface area contributed by atoms with E-state index in [0.29, 0.717) is 11.6 Å². The van der Waals surface area contributed by atoms with E-state index in [1.807, 2.05) is 35.7 Å². The number of hydrogen-bond donors (Lipinski definition) is 0. The van der Waals surface area contributed by atoms with Gasteiger partial charge >= 0.3 is 5.97 Å². The van der Waals surface area contributed by atoms with Crippen LogP contribution in [0, 0.1) is 0 Å². The molecule has 1 heterocycles. The summed E-state index contributed by atoms with van der Waals surface area (Å²) in [4.78, 5) is 16.1. The monoisotopic (exact) mass is 309 g/mol. The zero-order valence-electron chi connectivity index (χ0n) is 12.2. The third-order valence-electron chi connectivity index (χ3n) is 3.22. The first-order valence-electron chi connectivity index (χ1n) is 7.06. The molecule has 0 fully saturated rings. The van der Waals surface area contributed by atoms with Crippen LogP contribution in [0.15, 0.2) is 60.0 Å². The van der Waals surface area contributed by atoms with E-state index in [0.717, 1.165) is 22.4 Å². The Morgan fingerprint density at radius 3 is 2.55 bits per heavy atom. The Morgan fingerprint density at radius 1 is 1.05 bits per heavy atom. The summed E-state index contributed by atoms with van der Waals surface area (Å²) in [7, 11) is 0. The van der Waals surface area contributed by atoms with Crippen LogP contribution in [0.4, 0.5) is 0 Å². The van der Waals surface area contributed by atoms with Crippen molar-refractivity contribution in [1.29, 1.82) is 0 Å². The Kier molecular flexibility index (Phi) is 4.30. The number of esters is 1. The maximum atomic E-state index is 11.7. The van der Waals surface area contributed by atoms with Crippen molar-refractivity contribution in [3.05, 3.63) is 65.0 Å². The van der Waals surface area contributed by atoms with Gasteiger partial charge in [0, 0.05) is 10.9 Å². The number of rotatable bonds is 4. The Balaban J connectivity index is 1.91. The van der Waals surface area contributed by atoms with E-state index in [9.17, 15) is 4.79 Å². The lowest BCUT2D eigenvalue weighted by atomic mass is 10.0. The number of aromatic nitrogens is 1. The van der Waals surface area contributed by atoms with E-state index in [-0.39, 0.29) is 5.97 Å². The lowest BCUT2D eigenvalue weighted by Gasteiger charge is -2.03. The molecule has 0 aliphatic heterocycles. The molecule has 1 aromatic heterocycles. The van der Waals surface area contributed by atoms with Crippen molar-refractivity contribution in [2.75, 3.05) is 6.61 Å². The number of carbonyl (C=O) groups excluding carboxylic acids is 1. The average molecular weight is 309 g/mol. The summed E-state index contributed by atoms with van der Waals surface area (Å²) in [5.74, 6) is -0.363. The van der Waals surface area contributed by atoms with Gasteiger partial charge in [-0.05, 0) is 24.1 Å². The van der Waals surface area contributed by atoms with Crippen LogP contribution < -0.4 is 0 Å². The summed E-state index contributed by atoms with van der Waals surface area (Å²) in [6.07, 6.45) is 0. The fraction of sp³-hybridized carbons (Fsp3) is 0.111. The van der Waals surface area contributed by atoms with Gasteiger partial charge in [0.05, 0.1) is 12.3 Å². The molecule has 0 amide bonds. The van der Waals surface area contributed by atoms with Crippen molar-refractivity contribution >= 4 is 17.3 Å². The lowest BCUT2D eigenvalue weighted by molar-refractivity contribution is 0.0526. The molecule has 2 aromatic carbocycles. The minimum absolute atomic E-state index is 0.358. The SMILES string of the molecule is CCOC(=O)c1nc(-c2cccc(-c3ccccc3)c2)cs1. The predicted octanol–water partition coefficient (Wildman–Crippen LogP) is 4.65. The normalized spacial score (nSPS) is 10.4. The van der Waals surface area contributed by atoms with Gasteiger partial charge in [-0.3, -0.25) is 0 Å². The second-order valence-corrected chi connectivity index (χ2v) is 5.56. The molecule has 3 nitrogen and oxygen atoms in total. The number of thiazole rings is 1. The highest BCUT2D eigenvalue weighted by atomic mass is 32.1. The molecular weight excluding hydrogens is 294 g/mol. The average Bonchev–Trinajstić information content (AvgIpc) is 3.06. The van der Waals surface area contributed by atoms with E-state index in [1.165, 1.54) is 11.3 Å². The number of nitrogens with zero attached hydrogens (tertiary/aromatic N) is 1. The molecule has 0 N–H and O–H groups in total. The minimum Gasteiger partial charge on any atom is -0.461 e. The molecule has 110 valence electrons. The van der Waals surface area contributed by atoms with Gasteiger partial charge < -0.3 is 4.74 Å². The molecule has 0 radical (unpaired) electrons. The quantitative estimate of drug-likeness (QED) is 0.658. The predicted molar refractivity (Wildman–Crippen MR) is 88.9 cm³/mol. The summed E-state index contributed by atoms with van der Waals surface area (Å²) in [6, 6.07) is 18.3. The van der Waals surface area contributed by atoms with Crippen LogP contribution in [-0.4, -0.2) is 17.6 Å². The third kappa shape index (κ3) is 3.07. The molecule has 0 unspecified atom stereocenters. The van der Waals surface area contributed by atoms with Gasteiger partial charge in [-0.15, -0.1) is 11.3 Å². The van der Waals surface area contributed by atoms with E-state index >= 15 is 0 Å². The van der Waals surface area contributed by atoms with Gasteiger partial charge in [0.2, 0.25) is 5.01 Å². The van der Waals surface area contributed by atoms with Gasteiger partial charge in [-0.25, -0.2) is 9.78 Å². The molecule has 0 saturated carbocycles. The highest BCUT2D eigenvalue weighted by Crippen LogP contribution is 2.27. The molecule has 4 heteroatoms. The summed E-state index contributed by atoms with van der Waals surface area (Å²) in [5, 5.41) is 2.28. The zero-order valence-corrected chi connectivity index (χ0v) is 13.0. The fourth-order valence-electron chi connectivity index (χ4n) is 2.18. The van der Waals surface area contributed by atoms with Crippen LogP contribution in [0.2, 0.25) is 0 Å². The summed E-state index contributed by atoms with van der Waals surface area (Å²) < 4.78 is 4.98. The molecule has 0 atom stereocenters. The minimum atomic E-state index is -0.363. The summed E-state index contributed by atoms with van der Waals surface area (Å²) in [6.45, 7) is 2.15. The van der Waals surface area contributed by atoms with E-state index < -0.39 is 0 Å². The fourth-order valence-corrected chi connectivity index (χ4v) is 2.90. The molecule has 3 rings (SSSR count). The molecule has 0 bridgehead atoms. The molecule has 22 heavy (non-hydrogen) atoms. The molecule has 3 aromatic rings. The number of ether oxygens (including phenoxy) is 1. The van der Waals surface area contributed by atoms with Crippen LogP contribution in [-0.2, 0) is 4.74 Å². The molecule has 0 saturated heterocycles. The van der Waals surface area contributed by atoms with Gasteiger partial charge in [-0.2, -0.15) is 0 Å². The first kappa shape index (κ1) is 14.5. The van der Waals surface area contributed by atoms with Crippen molar-refractivity contribution in [3.8, 4) is 22.4 Å². The smallest absolute Gasteiger partial charge is 0.367 e. The van der Waals surface area contributed by atoms with E-state index in [1.54, 1.807) is 6.92 Å². The second kappa shape index (κ2) is 6.54. The molecule has 0 spiro atoms. The van der Waals surface area contributed by atoms with Gasteiger partial charge in [0.15, 0.2) is 0 Å². The number of carbonyl (C=O) groups is 1.